The molecule has 0 saturated carbocycles. The summed E-state index contributed by atoms with van der Waals surface area (Å²) >= 11 is 0. The fourth-order valence-electron chi connectivity index (χ4n) is 1.06. The summed E-state index contributed by atoms with van der Waals surface area (Å²) in [5.41, 5.74) is 1.97. The average Bonchev–Trinajstić information content (AvgIpc) is 2.19. The van der Waals surface area contributed by atoms with Crippen LogP contribution in [0.5, 0.6) is 0 Å². The second kappa shape index (κ2) is 2.86. The zero-order valence-electron chi connectivity index (χ0n) is 7.09. The maximum absolute atomic E-state index is 10.2. The highest BCUT2D eigenvalue weighted by atomic mass is 16.1. The number of imidazole rings is 1. The molecule has 0 unspecified atom stereocenters. The maximum Gasteiger partial charge on any atom is 0.126 e. The van der Waals surface area contributed by atoms with Gasteiger partial charge >= 0.3 is 0 Å². The zero-order valence-corrected chi connectivity index (χ0v) is 7.09. The van der Waals surface area contributed by atoms with E-state index < -0.39 is 0 Å². The van der Waals surface area contributed by atoms with Crippen molar-refractivity contribution in [3.63, 3.8) is 0 Å². The Kier molecular flexibility index (Phi) is 2.08. The third-order valence-corrected chi connectivity index (χ3v) is 1.98. The SMILES string of the molecule is Cc1nc(CC=O)c(C)n1C. The number of carbonyl (C=O) groups is 1. The molecule has 1 aromatic heterocycles. The third-order valence-electron chi connectivity index (χ3n) is 1.98. The monoisotopic (exact) mass is 152 g/mol. The molecule has 1 rings (SSSR count). The van der Waals surface area contributed by atoms with Crippen molar-refractivity contribution < 1.29 is 4.79 Å². The normalized spacial score (nSPS) is 10.1. The van der Waals surface area contributed by atoms with Crippen molar-refractivity contribution in [3.05, 3.63) is 17.2 Å². The number of rotatable bonds is 2. The molecule has 0 fully saturated rings. The second-order valence-corrected chi connectivity index (χ2v) is 2.62. The van der Waals surface area contributed by atoms with Crippen LogP contribution >= 0.6 is 0 Å². The molecule has 60 valence electrons. The Labute approximate surface area is 66.1 Å². The topological polar surface area (TPSA) is 34.9 Å². The molecular weight excluding hydrogens is 140 g/mol. The summed E-state index contributed by atoms with van der Waals surface area (Å²) in [6, 6.07) is 0. The minimum Gasteiger partial charge on any atom is -0.335 e. The van der Waals surface area contributed by atoms with Gasteiger partial charge in [0.15, 0.2) is 0 Å². The molecule has 0 aliphatic carbocycles. The van der Waals surface area contributed by atoms with E-state index in [4.69, 9.17) is 0 Å². The first-order valence-electron chi connectivity index (χ1n) is 3.59. The van der Waals surface area contributed by atoms with Crippen LogP contribution in [0.25, 0.3) is 0 Å². The van der Waals surface area contributed by atoms with E-state index in [1.807, 2.05) is 25.5 Å². The number of aromatic nitrogens is 2. The zero-order chi connectivity index (χ0) is 8.43. The van der Waals surface area contributed by atoms with Crippen LogP contribution in [0.15, 0.2) is 0 Å². The molecule has 0 aromatic carbocycles. The van der Waals surface area contributed by atoms with E-state index in [0.717, 1.165) is 23.5 Å². The van der Waals surface area contributed by atoms with Crippen LogP contribution in [0.3, 0.4) is 0 Å². The largest absolute Gasteiger partial charge is 0.335 e. The molecule has 0 aliphatic heterocycles. The highest BCUT2D eigenvalue weighted by Crippen LogP contribution is 2.07. The van der Waals surface area contributed by atoms with Crippen LogP contribution < -0.4 is 0 Å². The molecule has 0 spiro atoms. The first-order valence-corrected chi connectivity index (χ1v) is 3.59. The Morgan fingerprint density at radius 1 is 1.55 bits per heavy atom. The minimum absolute atomic E-state index is 0.424. The van der Waals surface area contributed by atoms with Gasteiger partial charge < -0.3 is 9.36 Å². The molecule has 0 atom stereocenters. The lowest BCUT2D eigenvalue weighted by Gasteiger charge is -1.96. The summed E-state index contributed by atoms with van der Waals surface area (Å²) in [5.74, 6) is 0.958. The van der Waals surface area contributed by atoms with Gasteiger partial charge in [-0.05, 0) is 13.8 Å². The molecule has 11 heavy (non-hydrogen) atoms. The number of nitrogens with zero attached hydrogens (tertiary/aromatic N) is 2. The van der Waals surface area contributed by atoms with E-state index in [9.17, 15) is 4.79 Å². The van der Waals surface area contributed by atoms with E-state index in [1.54, 1.807) is 0 Å². The molecule has 3 heteroatoms. The number of aryl methyl sites for hydroxylation is 1. The highest BCUT2D eigenvalue weighted by Gasteiger charge is 2.05. The van der Waals surface area contributed by atoms with E-state index in [2.05, 4.69) is 4.98 Å². The Bertz CT molecular complexity index is 276. The van der Waals surface area contributed by atoms with E-state index in [1.165, 1.54) is 0 Å². The number of hydrogen-bond donors (Lipinski definition) is 0. The molecule has 1 heterocycles. The second-order valence-electron chi connectivity index (χ2n) is 2.62. The van der Waals surface area contributed by atoms with E-state index in [0.29, 0.717) is 6.42 Å². The van der Waals surface area contributed by atoms with Gasteiger partial charge in [0.2, 0.25) is 0 Å². The molecule has 3 nitrogen and oxygen atoms in total. The Morgan fingerprint density at radius 3 is 2.55 bits per heavy atom. The molecular formula is C8H12N2O. The van der Waals surface area contributed by atoms with Crippen molar-refractivity contribution in [3.8, 4) is 0 Å². The first-order chi connectivity index (χ1) is 5.16. The lowest BCUT2D eigenvalue weighted by molar-refractivity contribution is -0.107. The fraction of sp³-hybridized carbons (Fsp3) is 0.500. The van der Waals surface area contributed by atoms with Crippen molar-refractivity contribution in [2.45, 2.75) is 20.3 Å². The first kappa shape index (κ1) is 7.98. The fourth-order valence-corrected chi connectivity index (χ4v) is 1.06. The van der Waals surface area contributed by atoms with E-state index in [-0.39, 0.29) is 0 Å². The van der Waals surface area contributed by atoms with Gasteiger partial charge in [-0.15, -0.1) is 0 Å². The number of aldehydes is 1. The smallest absolute Gasteiger partial charge is 0.126 e. The highest BCUT2D eigenvalue weighted by molar-refractivity contribution is 5.54. The Morgan fingerprint density at radius 2 is 2.18 bits per heavy atom. The predicted molar refractivity (Wildman–Crippen MR) is 42.5 cm³/mol. The van der Waals surface area contributed by atoms with Crippen molar-refractivity contribution in [2.24, 2.45) is 7.05 Å². The summed E-state index contributed by atoms with van der Waals surface area (Å²) in [6.45, 7) is 3.90. The van der Waals surface area contributed by atoms with E-state index >= 15 is 0 Å². The average molecular weight is 152 g/mol. The van der Waals surface area contributed by atoms with Gasteiger partial charge in [-0.1, -0.05) is 0 Å². The standard InChI is InChI=1S/C8H12N2O/c1-6-8(4-5-11)9-7(2)10(6)3/h5H,4H2,1-3H3. The summed E-state index contributed by atoms with van der Waals surface area (Å²) < 4.78 is 1.98. The van der Waals surface area contributed by atoms with Crippen LogP contribution in [0, 0.1) is 13.8 Å². The van der Waals surface area contributed by atoms with Gasteiger partial charge in [0.25, 0.3) is 0 Å². The molecule has 0 aliphatic rings. The quantitative estimate of drug-likeness (QED) is 0.587. The summed E-state index contributed by atoms with van der Waals surface area (Å²) in [5, 5.41) is 0. The van der Waals surface area contributed by atoms with Crippen molar-refractivity contribution >= 4 is 6.29 Å². The van der Waals surface area contributed by atoms with Crippen molar-refractivity contribution in [1.82, 2.24) is 9.55 Å². The van der Waals surface area contributed by atoms with Crippen LogP contribution in [0.2, 0.25) is 0 Å². The third kappa shape index (κ3) is 1.31. The van der Waals surface area contributed by atoms with Gasteiger partial charge in [0.1, 0.15) is 12.1 Å². The van der Waals surface area contributed by atoms with Gasteiger partial charge in [0, 0.05) is 19.2 Å². The van der Waals surface area contributed by atoms with Crippen LogP contribution in [-0.2, 0) is 18.3 Å². The van der Waals surface area contributed by atoms with Crippen molar-refractivity contribution in [1.29, 1.82) is 0 Å². The lowest BCUT2D eigenvalue weighted by Crippen LogP contribution is -1.94. The van der Waals surface area contributed by atoms with Gasteiger partial charge in [0.05, 0.1) is 5.69 Å². The molecule has 1 aromatic rings. The van der Waals surface area contributed by atoms with Gasteiger partial charge in [-0.2, -0.15) is 0 Å². The molecule has 0 amide bonds. The molecule has 0 bridgehead atoms. The molecule has 0 radical (unpaired) electrons. The van der Waals surface area contributed by atoms with Crippen LogP contribution in [0.4, 0.5) is 0 Å². The minimum atomic E-state index is 0.424. The van der Waals surface area contributed by atoms with Crippen molar-refractivity contribution in [2.75, 3.05) is 0 Å². The van der Waals surface area contributed by atoms with Gasteiger partial charge in [-0.25, -0.2) is 4.98 Å². The maximum atomic E-state index is 10.2. The summed E-state index contributed by atoms with van der Waals surface area (Å²) in [4.78, 5) is 14.4. The number of hydrogen-bond acceptors (Lipinski definition) is 2. The molecule has 0 saturated heterocycles. The summed E-state index contributed by atoms with van der Waals surface area (Å²) in [6.07, 6.45) is 1.31. The molecule has 0 N–H and O–H groups in total. The van der Waals surface area contributed by atoms with Crippen LogP contribution in [0.1, 0.15) is 17.2 Å². The number of carbonyl (C=O) groups excluding carboxylic acids is 1. The Hall–Kier alpha value is -1.12. The van der Waals surface area contributed by atoms with Gasteiger partial charge in [-0.3, -0.25) is 0 Å². The van der Waals surface area contributed by atoms with Crippen LogP contribution in [-0.4, -0.2) is 15.8 Å². The Balaban J connectivity index is 3.07. The lowest BCUT2D eigenvalue weighted by atomic mass is 10.3. The predicted octanol–water partition coefficient (Wildman–Crippen LogP) is 0.778. The summed E-state index contributed by atoms with van der Waals surface area (Å²) in [7, 11) is 1.95.